The van der Waals surface area contributed by atoms with Crippen molar-refractivity contribution in [1.29, 1.82) is 0 Å². The van der Waals surface area contributed by atoms with Gasteiger partial charge in [-0.1, -0.05) is 6.07 Å². The van der Waals surface area contributed by atoms with E-state index in [9.17, 15) is 14.4 Å². The highest BCUT2D eigenvalue weighted by Gasteiger charge is 2.13. The molecule has 0 aromatic heterocycles. The van der Waals surface area contributed by atoms with Crippen LogP contribution in [0.1, 0.15) is 21.5 Å². The smallest absolute Gasteiger partial charge is 0.325 e. The topological polar surface area (TPSA) is 103 Å². The Morgan fingerprint density at radius 1 is 0.862 bits per heavy atom. The van der Waals surface area contributed by atoms with E-state index in [0.29, 0.717) is 17.2 Å². The zero-order chi connectivity index (χ0) is 21.4. The average Bonchev–Trinajstić information content (AvgIpc) is 2.69. The Kier molecular flexibility index (Phi) is 7.59. The number of ether oxygens (including phenoxy) is 3. The van der Waals surface area contributed by atoms with Crippen LogP contribution in [0.5, 0.6) is 11.5 Å². The van der Waals surface area contributed by atoms with Gasteiger partial charge in [-0.2, -0.15) is 0 Å². The third-order valence-corrected chi connectivity index (χ3v) is 3.88. The first-order chi connectivity index (χ1) is 13.8. The molecular formula is C21H24N2O6. The molecule has 2 aromatic rings. The number of rotatable bonds is 8. The van der Waals surface area contributed by atoms with Crippen molar-refractivity contribution in [3.63, 3.8) is 0 Å². The normalized spacial score (nSPS) is 10.1. The lowest BCUT2D eigenvalue weighted by Gasteiger charge is -2.10. The average molecular weight is 400 g/mol. The van der Waals surface area contributed by atoms with Crippen molar-refractivity contribution >= 4 is 23.5 Å². The zero-order valence-corrected chi connectivity index (χ0v) is 16.8. The third kappa shape index (κ3) is 6.84. The molecule has 8 nitrogen and oxygen atoms in total. The zero-order valence-electron chi connectivity index (χ0n) is 16.8. The van der Waals surface area contributed by atoms with E-state index >= 15 is 0 Å². The first-order valence-corrected chi connectivity index (χ1v) is 8.85. The number of aryl methyl sites for hydroxylation is 2. The molecule has 0 fully saturated rings. The molecule has 2 amide bonds. The molecule has 0 radical (unpaired) electrons. The van der Waals surface area contributed by atoms with Gasteiger partial charge >= 0.3 is 5.97 Å². The summed E-state index contributed by atoms with van der Waals surface area (Å²) in [5.41, 5.74) is 2.91. The van der Waals surface area contributed by atoms with Crippen molar-refractivity contribution in [2.24, 2.45) is 0 Å². The summed E-state index contributed by atoms with van der Waals surface area (Å²) in [6, 6.07) is 10.3. The maximum absolute atomic E-state index is 12.2. The predicted molar refractivity (Wildman–Crippen MR) is 107 cm³/mol. The summed E-state index contributed by atoms with van der Waals surface area (Å²) in [5, 5.41) is 5.10. The summed E-state index contributed by atoms with van der Waals surface area (Å²) < 4.78 is 15.1. The van der Waals surface area contributed by atoms with Gasteiger partial charge in [0, 0.05) is 17.3 Å². The second kappa shape index (κ2) is 10.1. The highest BCUT2D eigenvalue weighted by molar-refractivity contribution is 5.97. The van der Waals surface area contributed by atoms with E-state index < -0.39 is 24.4 Å². The molecule has 0 aliphatic rings. The Bertz CT molecular complexity index is 868. The summed E-state index contributed by atoms with van der Waals surface area (Å²) in [6.07, 6.45) is 0. The molecule has 2 N–H and O–H groups in total. The molecule has 0 saturated heterocycles. The van der Waals surface area contributed by atoms with Gasteiger partial charge in [0.25, 0.3) is 11.8 Å². The van der Waals surface area contributed by atoms with E-state index in [0.717, 1.165) is 11.1 Å². The fourth-order valence-electron chi connectivity index (χ4n) is 2.63. The van der Waals surface area contributed by atoms with E-state index in [1.807, 2.05) is 32.0 Å². The van der Waals surface area contributed by atoms with Crippen LogP contribution < -0.4 is 20.1 Å². The molecule has 0 atom stereocenters. The monoisotopic (exact) mass is 400 g/mol. The lowest BCUT2D eigenvalue weighted by molar-refractivity contribution is -0.146. The summed E-state index contributed by atoms with van der Waals surface area (Å²) in [7, 11) is 2.94. The van der Waals surface area contributed by atoms with Gasteiger partial charge < -0.3 is 24.8 Å². The largest absolute Gasteiger partial charge is 0.497 e. The standard InChI is InChI=1S/C21H24N2O6/c1-13-5-14(2)7-16(6-13)23-19(24)12-29-20(25)11-22-21(26)15-8-17(27-3)10-18(9-15)28-4/h5-10H,11-12H2,1-4H3,(H,22,26)(H,23,24). The summed E-state index contributed by atoms with van der Waals surface area (Å²) in [6.45, 7) is 3.01. The Hall–Kier alpha value is -3.55. The Labute approximate surface area is 169 Å². The summed E-state index contributed by atoms with van der Waals surface area (Å²) in [4.78, 5) is 36.0. The molecule has 2 aromatic carbocycles. The number of hydrogen-bond donors (Lipinski definition) is 2. The fraction of sp³-hybridized carbons (Fsp3) is 0.286. The van der Waals surface area contributed by atoms with E-state index in [1.54, 1.807) is 6.07 Å². The number of esters is 1. The molecule has 2 rings (SSSR count). The third-order valence-electron chi connectivity index (χ3n) is 3.88. The van der Waals surface area contributed by atoms with Gasteiger partial charge in [0.05, 0.1) is 14.2 Å². The number of anilines is 1. The van der Waals surface area contributed by atoms with Gasteiger partial charge in [0.1, 0.15) is 18.0 Å². The van der Waals surface area contributed by atoms with E-state index in [-0.39, 0.29) is 12.1 Å². The van der Waals surface area contributed by atoms with Crippen molar-refractivity contribution < 1.29 is 28.6 Å². The number of amides is 2. The van der Waals surface area contributed by atoms with Crippen molar-refractivity contribution in [1.82, 2.24) is 5.32 Å². The number of carbonyl (C=O) groups excluding carboxylic acids is 3. The fourth-order valence-corrected chi connectivity index (χ4v) is 2.63. The quantitative estimate of drug-likeness (QED) is 0.659. The maximum Gasteiger partial charge on any atom is 0.325 e. The second-order valence-corrected chi connectivity index (χ2v) is 6.37. The number of methoxy groups -OCH3 is 2. The van der Waals surface area contributed by atoms with Crippen LogP contribution >= 0.6 is 0 Å². The van der Waals surface area contributed by atoms with Gasteiger partial charge in [0.2, 0.25) is 0 Å². The van der Waals surface area contributed by atoms with E-state index in [4.69, 9.17) is 14.2 Å². The van der Waals surface area contributed by atoms with Crippen molar-refractivity contribution in [2.45, 2.75) is 13.8 Å². The van der Waals surface area contributed by atoms with Crippen molar-refractivity contribution in [2.75, 3.05) is 32.7 Å². The minimum Gasteiger partial charge on any atom is -0.497 e. The van der Waals surface area contributed by atoms with Crippen molar-refractivity contribution in [3.8, 4) is 11.5 Å². The van der Waals surface area contributed by atoms with Crippen LogP contribution in [0.25, 0.3) is 0 Å². The van der Waals surface area contributed by atoms with Gasteiger partial charge in [-0.3, -0.25) is 14.4 Å². The van der Waals surface area contributed by atoms with E-state index in [1.165, 1.54) is 26.4 Å². The lowest BCUT2D eigenvalue weighted by atomic mass is 10.1. The van der Waals surface area contributed by atoms with Crippen LogP contribution in [0.15, 0.2) is 36.4 Å². The van der Waals surface area contributed by atoms with Crippen LogP contribution in [-0.4, -0.2) is 45.2 Å². The summed E-state index contributed by atoms with van der Waals surface area (Å²) in [5.74, 6) is -0.810. The van der Waals surface area contributed by atoms with Gasteiger partial charge in [0.15, 0.2) is 6.61 Å². The summed E-state index contributed by atoms with van der Waals surface area (Å²) >= 11 is 0. The molecular weight excluding hydrogens is 376 g/mol. The molecule has 0 spiro atoms. The van der Waals surface area contributed by atoms with E-state index in [2.05, 4.69) is 10.6 Å². The van der Waals surface area contributed by atoms with Crippen LogP contribution in [0, 0.1) is 13.8 Å². The molecule has 0 heterocycles. The Morgan fingerprint density at radius 3 is 2.00 bits per heavy atom. The molecule has 0 bridgehead atoms. The van der Waals surface area contributed by atoms with Gasteiger partial charge in [-0.25, -0.2) is 0 Å². The molecule has 154 valence electrons. The molecule has 29 heavy (non-hydrogen) atoms. The number of benzene rings is 2. The Balaban J connectivity index is 1.82. The first-order valence-electron chi connectivity index (χ1n) is 8.85. The molecule has 8 heteroatoms. The minimum atomic E-state index is -0.733. The van der Waals surface area contributed by atoms with Crippen LogP contribution in [0.2, 0.25) is 0 Å². The predicted octanol–water partition coefficient (Wildman–Crippen LogP) is 2.23. The first kappa shape index (κ1) is 21.7. The molecule has 0 saturated carbocycles. The van der Waals surface area contributed by atoms with Gasteiger partial charge in [-0.05, 0) is 49.2 Å². The van der Waals surface area contributed by atoms with Gasteiger partial charge in [-0.15, -0.1) is 0 Å². The van der Waals surface area contributed by atoms with Crippen LogP contribution in [0.4, 0.5) is 5.69 Å². The van der Waals surface area contributed by atoms with Crippen LogP contribution in [-0.2, 0) is 14.3 Å². The number of hydrogen-bond acceptors (Lipinski definition) is 6. The molecule has 0 aliphatic heterocycles. The SMILES string of the molecule is COc1cc(OC)cc(C(=O)NCC(=O)OCC(=O)Nc2cc(C)cc(C)c2)c1. The highest BCUT2D eigenvalue weighted by Crippen LogP contribution is 2.22. The van der Waals surface area contributed by atoms with Crippen LogP contribution in [0.3, 0.4) is 0 Å². The molecule has 0 unspecified atom stereocenters. The highest BCUT2D eigenvalue weighted by atomic mass is 16.5. The number of nitrogens with one attached hydrogen (secondary N) is 2. The minimum absolute atomic E-state index is 0.265. The van der Waals surface area contributed by atoms with Crippen molar-refractivity contribution in [3.05, 3.63) is 53.1 Å². The maximum atomic E-state index is 12.2. The number of carbonyl (C=O) groups is 3. The lowest BCUT2D eigenvalue weighted by Crippen LogP contribution is -2.32. The second-order valence-electron chi connectivity index (χ2n) is 6.37. The molecule has 0 aliphatic carbocycles. The Morgan fingerprint density at radius 2 is 1.45 bits per heavy atom.